The fourth-order valence-electron chi connectivity index (χ4n) is 12.7. The molecule has 0 bridgehead atoms. The van der Waals surface area contributed by atoms with Gasteiger partial charge in [0.2, 0.25) is 0 Å². The molecule has 0 radical (unpaired) electrons. The maximum atomic E-state index is 9.50. The fourth-order valence-corrected chi connectivity index (χ4v) is 12.7. The van der Waals surface area contributed by atoms with Gasteiger partial charge in [0.1, 0.15) is 0 Å². The highest BCUT2D eigenvalue weighted by atomic mass is 19.1. The summed E-state index contributed by atoms with van der Waals surface area (Å²) in [4.78, 5) is 0. The molecule has 0 amide bonds. The summed E-state index contributed by atoms with van der Waals surface area (Å²) in [7, 11) is 0.500. The summed E-state index contributed by atoms with van der Waals surface area (Å²) in [6, 6.07) is 17.3. The van der Waals surface area contributed by atoms with Crippen LogP contribution in [0.25, 0.3) is 0 Å². The number of fused-ring (bicyclic) bond motifs is 7. The van der Waals surface area contributed by atoms with Gasteiger partial charge < -0.3 is 11.5 Å². The molecule has 51 heavy (non-hydrogen) atoms. The second-order valence-corrected chi connectivity index (χ2v) is 18.2. The Bertz CT molecular complexity index is 1350. The van der Waals surface area contributed by atoms with Gasteiger partial charge in [0, 0.05) is 6.54 Å². The lowest BCUT2D eigenvalue weighted by Crippen LogP contribution is -2.62. The second-order valence-electron chi connectivity index (χ2n) is 18.2. The van der Waals surface area contributed by atoms with E-state index < -0.39 is 0 Å². The summed E-state index contributed by atoms with van der Waals surface area (Å²) in [6.45, 7) is 27.9. The number of aryl methyl sites for hydroxylation is 3. The van der Waals surface area contributed by atoms with E-state index in [1.54, 1.807) is 38.5 Å². The van der Waals surface area contributed by atoms with Crippen LogP contribution in [0.2, 0.25) is 0 Å². The minimum atomic E-state index is 0.500. The molecule has 0 aromatic heterocycles. The first-order valence-corrected chi connectivity index (χ1v) is 20.4. The molecule has 7 rings (SSSR count). The lowest BCUT2D eigenvalue weighted by Gasteiger charge is -2.69. The Morgan fingerprint density at radius 1 is 0.725 bits per heavy atom. The highest BCUT2D eigenvalue weighted by Crippen LogP contribution is 2.73. The molecule has 0 heterocycles. The van der Waals surface area contributed by atoms with Crippen molar-refractivity contribution in [3.8, 4) is 0 Å². The van der Waals surface area contributed by atoms with Gasteiger partial charge in [-0.25, -0.2) is 0 Å². The van der Waals surface area contributed by atoms with E-state index in [0.29, 0.717) is 35.4 Å². The monoisotopic (exact) mass is 701 g/mol. The van der Waals surface area contributed by atoms with Gasteiger partial charge >= 0.3 is 0 Å². The van der Waals surface area contributed by atoms with Crippen LogP contribution in [0.15, 0.2) is 74.5 Å². The molecule has 5 fully saturated rings. The van der Waals surface area contributed by atoms with Crippen molar-refractivity contribution in [1.29, 1.82) is 0 Å². The summed E-state index contributed by atoms with van der Waals surface area (Å²) in [5.74, 6) is 6.06. The Morgan fingerprint density at radius 2 is 1.33 bits per heavy atom. The van der Waals surface area contributed by atoms with Gasteiger partial charge in [-0.05, 0) is 164 Å². The van der Waals surface area contributed by atoms with Gasteiger partial charge in [-0.15, -0.1) is 13.2 Å². The van der Waals surface area contributed by atoms with Gasteiger partial charge in [-0.2, -0.15) is 0 Å². The highest BCUT2D eigenvalue weighted by molar-refractivity contribution is 5.26. The molecule has 5 aliphatic carbocycles. The van der Waals surface area contributed by atoms with Crippen molar-refractivity contribution in [3.63, 3.8) is 0 Å². The fraction of sp³-hybridized carbons (Fsp3) is 0.667. The number of halogens is 1. The average Bonchev–Trinajstić information content (AvgIpc) is 3.54. The maximum Gasteiger partial charge on any atom is 0.0785 e. The predicted molar refractivity (Wildman–Crippen MR) is 221 cm³/mol. The molecule has 2 aromatic carbocycles. The molecular formula is C48H77FN2. The van der Waals surface area contributed by atoms with E-state index >= 15 is 0 Å². The number of hydrogen-bond donors (Lipinski definition) is 2. The van der Waals surface area contributed by atoms with Crippen LogP contribution in [0.1, 0.15) is 134 Å². The topological polar surface area (TPSA) is 52.0 Å². The van der Waals surface area contributed by atoms with E-state index in [-0.39, 0.29) is 0 Å². The molecule has 3 heteroatoms. The Balaban J connectivity index is 0.000000252. The second kappa shape index (κ2) is 18.6. The van der Waals surface area contributed by atoms with E-state index in [1.807, 2.05) is 0 Å². The quantitative estimate of drug-likeness (QED) is 0.312. The largest absolute Gasteiger partial charge is 0.405 e. The first-order valence-electron chi connectivity index (χ1n) is 20.4. The number of hydrogen-bond acceptors (Lipinski definition) is 2. The van der Waals surface area contributed by atoms with Gasteiger partial charge in [-0.1, -0.05) is 109 Å². The average molecular weight is 701 g/mol. The van der Waals surface area contributed by atoms with Crippen LogP contribution >= 0.6 is 0 Å². The van der Waals surface area contributed by atoms with Gasteiger partial charge in [-0.3, -0.25) is 4.39 Å². The number of benzene rings is 2. The van der Waals surface area contributed by atoms with Crippen molar-refractivity contribution in [1.82, 2.24) is 0 Å². The highest BCUT2D eigenvalue weighted by Gasteiger charge is 2.65. The molecule has 0 aliphatic heterocycles. The zero-order valence-electron chi connectivity index (χ0n) is 34.2. The molecule has 5 aliphatic rings. The zero-order valence-corrected chi connectivity index (χ0v) is 34.2. The number of nitrogens with two attached hydrogens (primary N) is 2. The third-order valence-corrected chi connectivity index (χ3v) is 15.5. The van der Waals surface area contributed by atoms with Crippen molar-refractivity contribution in [2.24, 2.45) is 68.6 Å². The number of alkyl halides is 1. The predicted octanol–water partition coefficient (Wildman–Crippen LogP) is 12.8. The van der Waals surface area contributed by atoms with Crippen LogP contribution in [0.5, 0.6) is 0 Å². The molecular weight excluding hydrogens is 624 g/mol. The standard InChI is InChI=1S/C27H46.C16H19N.C2H5N.C2H4.CH3F/c1-18-11-16-27(6)22(24(18,2)3)13-17-26(5)21-12-15-25(4)14-7-8-20(25)19(21)9-10-23(26)27;1-13-5-7-14(8-6-13)9-10-15-3-2-4-16(11-15)12-17;1-2-3;2*1-2/h18-23H,7-17H2,1-6H3;2-8,11H,9-10,12,17H2,1H3;2H,1,3H2;1-2H2;1H3. The molecule has 0 spiro atoms. The maximum absolute atomic E-state index is 9.50. The lowest BCUT2D eigenvalue weighted by atomic mass is 9.36. The van der Waals surface area contributed by atoms with E-state index in [4.69, 9.17) is 5.73 Å². The molecule has 9 atom stereocenters. The minimum absolute atomic E-state index is 0.500. The Hall–Kier alpha value is -2.39. The van der Waals surface area contributed by atoms with Crippen molar-refractivity contribution in [3.05, 3.63) is 96.7 Å². The van der Waals surface area contributed by atoms with Gasteiger partial charge in [0.05, 0.1) is 7.18 Å². The smallest absolute Gasteiger partial charge is 0.0785 e. The molecule has 2 aromatic rings. The summed E-state index contributed by atoms with van der Waals surface area (Å²) in [5.41, 5.74) is 18.1. The summed E-state index contributed by atoms with van der Waals surface area (Å²) >= 11 is 0. The van der Waals surface area contributed by atoms with Crippen LogP contribution in [0.4, 0.5) is 4.39 Å². The van der Waals surface area contributed by atoms with Gasteiger partial charge in [0.15, 0.2) is 0 Å². The third-order valence-electron chi connectivity index (χ3n) is 15.5. The van der Waals surface area contributed by atoms with E-state index in [1.165, 1.54) is 60.6 Å². The molecule has 5 saturated carbocycles. The first-order chi connectivity index (χ1) is 24.3. The van der Waals surface area contributed by atoms with Gasteiger partial charge in [0.25, 0.3) is 0 Å². The Morgan fingerprint density at radius 3 is 1.98 bits per heavy atom. The first kappa shape index (κ1) is 43.0. The molecule has 2 nitrogen and oxygen atoms in total. The van der Waals surface area contributed by atoms with Crippen LogP contribution in [0.3, 0.4) is 0 Å². The SMILES string of the molecule is C=C.C=CN.CC1CCC2(C)C(CCC3(C)C4CCC5(C)CCCC5C4CCC32)C1(C)C.CF.Cc1ccc(CCc2cccc(CN)c2)cc1. The van der Waals surface area contributed by atoms with Crippen LogP contribution < -0.4 is 11.5 Å². The van der Waals surface area contributed by atoms with Crippen LogP contribution in [-0.2, 0) is 19.4 Å². The molecule has 286 valence electrons. The van der Waals surface area contributed by atoms with Crippen LogP contribution in [-0.4, -0.2) is 7.18 Å². The summed E-state index contributed by atoms with van der Waals surface area (Å²) in [6.07, 6.45) is 20.3. The summed E-state index contributed by atoms with van der Waals surface area (Å²) < 4.78 is 9.50. The minimum Gasteiger partial charge on any atom is -0.405 e. The lowest BCUT2D eigenvalue weighted by molar-refractivity contribution is -0.203. The normalized spacial score (nSPS) is 35.3. The van der Waals surface area contributed by atoms with E-state index in [0.717, 1.165) is 48.3 Å². The van der Waals surface area contributed by atoms with E-state index in [2.05, 4.69) is 122 Å². The molecule has 4 N–H and O–H groups in total. The Labute approximate surface area is 314 Å². The molecule has 9 unspecified atom stereocenters. The Kier molecular flexibility index (Phi) is 15.7. The third kappa shape index (κ3) is 9.05. The van der Waals surface area contributed by atoms with Crippen molar-refractivity contribution < 1.29 is 4.39 Å². The van der Waals surface area contributed by atoms with Crippen molar-refractivity contribution in [2.75, 3.05) is 7.18 Å². The number of rotatable bonds is 4. The van der Waals surface area contributed by atoms with Crippen LogP contribution in [0, 0.1) is 64.1 Å². The zero-order chi connectivity index (χ0) is 38.0. The molecule has 0 saturated heterocycles. The van der Waals surface area contributed by atoms with Crippen molar-refractivity contribution >= 4 is 0 Å². The summed E-state index contributed by atoms with van der Waals surface area (Å²) in [5, 5.41) is 0. The van der Waals surface area contributed by atoms with E-state index in [9.17, 15) is 4.39 Å². The van der Waals surface area contributed by atoms with Crippen molar-refractivity contribution in [2.45, 2.75) is 138 Å².